The van der Waals surface area contributed by atoms with Crippen LogP contribution in [0.15, 0.2) is 36.0 Å². The van der Waals surface area contributed by atoms with Gasteiger partial charge in [0.1, 0.15) is 5.01 Å². The fraction of sp³-hybridized carbons (Fsp3) is 0.200. The number of hydrogen-bond donors (Lipinski definition) is 3. The van der Waals surface area contributed by atoms with Gasteiger partial charge >= 0.3 is 0 Å². The van der Waals surface area contributed by atoms with Crippen molar-refractivity contribution in [3.8, 4) is 0 Å². The Bertz CT molecular complexity index is 789. The summed E-state index contributed by atoms with van der Waals surface area (Å²) in [6, 6.07) is 5.46. The van der Waals surface area contributed by atoms with Crippen molar-refractivity contribution in [2.24, 2.45) is 0 Å². The molecule has 5 nitrogen and oxygen atoms in total. The molecule has 4 N–H and O–H groups in total. The van der Waals surface area contributed by atoms with Crippen LogP contribution in [-0.2, 0) is 5.54 Å². The van der Waals surface area contributed by atoms with Gasteiger partial charge in [-0.1, -0.05) is 0 Å². The van der Waals surface area contributed by atoms with E-state index in [-0.39, 0.29) is 5.91 Å². The number of carbonyl (C=O) groups is 1. The topological polar surface area (TPSA) is 83.8 Å². The summed E-state index contributed by atoms with van der Waals surface area (Å²) in [6.07, 6.45) is 3.44. The Hall–Kier alpha value is -2.34. The van der Waals surface area contributed by atoms with E-state index in [0.29, 0.717) is 11.3 Å². The molecule has 1 aromatic carbocycles. The fourth-order valence-corrected chi connectivity index (χ4v) is 2.99. The van der Waals surface area contributed by atoms with Crippen LogP contribution in [0, 0.1) is 0 Å². The second kappa shape index (κ2) is 4.89. The Labute approximate surface area is 126 Å². The number of carbonyl (C=O) groups excluding carboxylic acids is 1. The molecule has 0 spiro atoms. The molecule has 0 radical (unpaired) electrons. The van der Waals surface area contributed by atoms with Crippen LogP contribution in [0.1, 0.15) is 29.2 Å². The molecule has 3 aromatic rings. The molecule has 2 heterocycles. The molecule has 2 aromatic heterocycles. The first-order valence-corrected chi connectivity index (χ1v) is 7.44. The number of aromatic nitrogens is 2. The Morgan fingerprint density at radius 3 is 2.95 bits per heavy atom. The number of amides is 1. The molecule has 0 aliphatic heterocycles. The van der Waals surface area contributed by atoms with Gasteiger partial charge in [0.15, 0.2) is 0 Å². The predicted octanol–water partition coefficient (Wildman–Crippen LogP) is 2.87. The Morgan fingerprint density at radius 2 is 2.24 bits per heavy atom. The predicted molar refractivity (Wildman–Crippen MR) is 85.3 cm³/mol. The van der Waals surface area contributed by atoms with Crippen molar-refractivity contribution in [1.82, 2.24) is 15.3 Å². The highest BCUT2D eigenvalue weighted by molar-refractivity contribution is 7.09. The summed E-state index contributed by atoms with van der Waals surface area (Å²) in [4.78, 5) is 19.9. The monoisotopic (exact) mass is 300 g/mol. The van der Waals surface area contributed by atoms with Crippen LogP contribution in [0.5, 0.6) is 0 Å². The number of nitrogens with zero attached hydrogens (tertiary/aromatic N) is 1. The Balaban J connectivity index is 1.91. The first-order chi connectivity index (χ1) is 9.97. The highest BCUT2D eigenvalue weighted by atomic mass is 32.1. The molecule has 0 saturated heterocycles. The number of H-pyrrole nitrogens is 1. The highest BCUT2D eigenvalue weighted by Gasteiger charge is 2.26. The van der Waals surface area contributed by atoms with Crippen molar-refractivity contribution in [3.63, 3.8) is 0 Å². The van der Waals surface area contributed by atoms with Gasteiger partial charge in [0.2, 0.25) is 0 Å². The molecule has 0 atom stereocenters. The van der Waals surface area contributed by atoms with Crippen LogP contribution < -0.4 is 11.1 Å². The Morgan fingerprint density at radius 1 is 1.43 bits per heavy atom. The summed E-state index contributed by atoms with van der Waals surface area (Å²) in [5.41, 5.74) is 7.36. The maximum Gasteiger partial charge on any atom is 0.254 e. The average molecular weight is 300 g/mol. The van der Waals surface area contributed by atoms with E-state index in [1.165, 1.54) is 11.3 Å². The van der Waals surface area contributed by atoms with Gasteiger partial charge in [-0.15, -0.1) is 11.3 Å². The van der Waals surface area contributed by atoms with Crippen LogP contribution in [0.25, 0.3) is 10.9 Å². The van der Waals surface area contributed by atoms with Gasteiger partial charge in [0, 0.05) is 34.4 Å². The summed E-state index contributed by atoms with van der Waals surface area (Å²) in [6.45, 7) is 3.88. The van der Waals surface area contributed by atoms with E-state index < -0.39 is 5.54 Å². The van der Waals surface area contributed by atoms with Gasteiger partial charge in [-0.3, -0.25) is 4.79 Å². The van der Waals surface area contributed by atoms with Gasteiger partial charge < -0.3 is 16.0 Å². The van der Waals surface area contributed by atoms with Gasteiger partial charge in [0.25, 0.3) is 5.91 Å². The van der Waals surface area contributed by atoms with E-state index >= 15 is 0 Å². The Kier molecular flexibility index (Phi) is 3.17. The third-order valence-corrected chi connectivity index (χ3v) is 4.44. The number of nitrogen functional groups attached to an aromatic ring is 1. The summed E-state index contributed by atoms with van der Waals surface area (Å²) in [5.74, 6) is -0.133. The SMILES string of the molecule is CC(C)(NC(=O)c1c[nH]c2cc(N)ccc12)c1nccs1. The minimum atomic E-state index is -0.511. The van der Waals surface area contributed by atoms with Gasteiger partial charge in [-0.2, -0.15) is 0 Å². The molecule has 108 valence electrons. The standard InChI is InChI=1S/C15H16N4OS/c1-15(2,14-17-5-6-21-14)19-13(20)11-8-18-12-7-9(16)3-4-10(11)12/h3-8,18H,16H2,1-2H3,(H,19,20). The molecule has 6 heteroatoms. The molecule has 0 aliphatic rings. The number of benzene rings is 1. The lowest BCUT2D eigenvalue weighted by atomic mass is 10.1. The molecule has 0 aliphatic carbocycles. The van der Waals surface area contributed by atoms with Crippen LogP contribution in [-0.4, -0.2) is 15.9 Å². The average Bonchev–Trinajstić information content (AvgIpc) is 3.07. The summed E-state index contributed by atoms with van der Waals surface area (Å²) < 4.78 is 0. The minimum Gasteiger partial charge on any atom is -0.399 e. The van der Waals surface area contributed by atoms with Crippen LogP contribution in [0.2, 0.25) is 0 Å². The lowest BCUT2D eigenvalue weighted by molar-refractivity contribution is 0.0913. The maximum absolute atomic E-state index is 12.5. The molecule has 21 heavy (non-hydrogen) atoms. The number of rotatable bonds is 3. The number of aromatic amines is 1. The first-order valence-electron chi connectivity index (χ1n) is 6.56. The van der Waals surface area contributed by atoms with Crippen molar-refractivity contribution in [2.45, 2.75) is 19.4 Å². The first kappa shape index (κ1) is 13.6. The minimum absolute atomic E-state index is 0.133. The zero-order chi connectivity index (χ0) is 15.0. The second-order valence-corrected chi connectivity index (χ2v) is 6.32. The van der Waals surface area contributed by atoms with Crippen molar-refractivity contribution in [2.75, 3.05) is 5.73 Å². The lowest BCUT2D eigenvalue weighted by Crippen LogP contribution is -2.40. The third kappa shape index (κ3) is 2.50. The maximum atomic E-state index is 12.5. The third-order valence-electron chi connectivity index (χ3n) is 3.34. The summed E-state index contributed by atoms with van der Waals surface area (Å²) >= 11 is 1.52. The van der Waals surface area contributed by atoms with Crippen LogP contribution in [0.3, 0.4) is 0 Å². The molecular weight excluding hydrogens is 284 g/mol. The number of nitrogens with one attached hydrogen (secondary N) is 2. The van der Waals surface area contributed by atoms with E-state index in [0.717, 1.165) is 15.9 Å². The molecule has 0 bridgehead atoms. The largest absolute Gasteiger partial charge is 0.399 e. The van der Waals surface area contributed by atoms with Crippen molar-refractivity contribution >= 4 is 33.8 Å². The zero-order valence-electron chi connectivity index (χ0n) is 11.8. The van der Waals surface area contributed by atoms with Gasteiger partial charge in [0.05, 0.1) is 11.1 Å². The molecule has 1 amide bonds. The van der Waals surface area contributed by atoms with E-state index in [4.69, 9.17) is 5.73 Å². The molecule has 0 saturated carbocycles. The van der Waals surface area contributed by atoms with Gasteiger partial charge in [-0.25, -0.2) is 4.98 Å². The van der Waals surface area contributed by atoms with E-state index in [2.05, 4.69) is 15.3 Å². The van der Waals surface area contributed by atoms with Crippen molar-refractivity contribution in [3.05, 3.63) is 46.5 Å². The fourth-order valence-electron chi connectivity index (χ4n) is 2.27. The van der Waals surface area contributed by atoms with Crippen LogP contribution in [0.4, 0.5) is 5.69 Å². The number of anilines is 1. The van der Waals surface area contributed by atoms with E-state index in [1.54, 1.807) is 18.5 Å². The molecule has 3 rings (SSSR count). The van der Waals surface area contributed by atoms with Gasteiger partial charge in [-0.05, 0) is 32.0 Å². The summed E-state index contributed by atoms with van der Waals surface area (Å²) in [7, 11) is 0. The smallest absolute Gasteiger partial charge is 0.254 e. The number of nitrogens with two attached hydrogens (primary N) is 1. The van der Waals surface area contributed by atoms with E-state index in [9.17, 15) is 4.79 Å². The lowest BCUT2D eigenvalue weighted by Gasteiger charge is -2.23. The van der Waals surface area contributed by atoms with Crippen LogP contribution >= 0.6 is 11.3 Å². The summed E-state index contributed by atoms with van der Waals surface area (Å²) in [5, 5.41) is 6.66. The zero-order valence-corrected chi connectivity index (χ0v) is 12.6. The number of hydrogen-bond acceptors (Lipinski definition) is 4. The van der Waals surface area contributed by atoms with Crippen molar-refractivity contribution in [1.29, 1.82) is 0 Å². The molecule has 0 unspecified atom stereocenters. The second-order valence-electron chi connectivity index (χ2n) is 5.42. The molecule has 0 fully saturated rings. The molecular formula is C15H16N4OS. The quantitative estimate of drug-likeness (QED) is 0.650. The highest BCUT2D eigenvalue weighted by Crippen LogP contribution is 2.25. The van der Waals surface area contributed by atoms with E-state index in [1.807, 2.05) is 31.4 Å². The van der Waals surface area contributed by atoms with Crippen molar-refractivity contribution < 1.29 is 4.79 Å². The normalized spacial score (nSPS) is 11.7. The number of fused-ring (bicyclic) bond motifs is 1. The number of thiazole rings is 1.